The van der Waals surface area contributed by atoms with E-state index in [1.54, 1.807) is 21.5 Å². The van der Waals surface area contributed by atoms with Gasteiger partial charge in [0.2, 0.25) is 0 Å². The molecule has 2 saturated carbocycles. The Morgan fingerprint density at radius 3 is 1.95 bits per heavy atom. The summed E-state index contributed by atoms with van der Waals surface area (Å²) < 4.78 is 29.3. The van der Waals surface area contributed by atoms with E-state index in [0.717, 1.165) is 21.9 Å². The number of benzene rings is 2. The Kier molecular flexibility index (Phi) is 13.6. The number of aryl methyl sites for hydroxylation is 1. The van der Waals surface area contributed by atoms with Crippen LogP contribution in [0.5, 0.6) is 0 Å². The van der Waals surface area contributed by atoms with Crippen molar-refractivity contribution in [3.63, 3.8) is 0 Å². The van der Waals surface area contributed by atoms with Crippen LogP contribution in [0.15, 0.2) is 72.1 Å². The zero-order valence-electron chi connectivity index (χ0n) is 21.6. The zero-order chi connectivity index (χ0) is 26.1. The molecule has 1 unspecified atom stereocenters. The van der Waals surface area contributed by atoms with Gasteiger partial charge in [0.1, 0.15) is 0 Å². The molecule has 0 heterocycles. The predicted molar refractivity (Wildman–Crippen MR) is 149 cm³/mol. The maximum atomic E-state index is 13.8. The van der Waals surface area contributed by atoms with Crippen LogP contribution in [0.1, 0.15) is 24.1 Å². The van der Waals surface area contributed by atoms with Crippen molar-refractivity contribution in [1.29, 1.82) is 0 Å². The first-order valence-corrected chi connectivity index (χ1v) is 14.9. The quantitative estimate of drug-likeness (QED) is 0.285. The average molecular weight is 621 g/mol. The van der Waals surface area contributed by atoms with Crippen LogP contribution in [0.3, 0.4) is 0 Å². The van der Waals surface area contributed by atoms with Gasteiger partial charge in [0.15, 0.2) is 0 Å². The Morgan fingerprint density at radius 2 is 1.43 bits per heavy atom. The molecule has 2 aromatic carbocycles. The molecule has 0 aliphatic heterocycles. The Labute approximate surface area is 243 Å². The van der Waals surface area contributed by atoms with Crippen molar-refractivity contribution >= 4 is 25.2 Å². The molecule has 196 valence electrons. The number of nitrogens with zero attached hydrogens (tertiary/aromatic N) is 2. The third kappa shape index (κ3) is 8.80. The SMILES string of the molecule is C=CC(c1ccccc1)N([Se][C]1[CH][CH][CH][C]1[C@H](C)N(C)C)S(=O)(=O)c1ccc(C)cc1.[CH]1[CH][CH][CH][CH]1.[Fe]. The van der Waals surface area contributed by atoms with Crippen LogP contribution >= 0.6 is 0 Å². The van der Waals surface area contributed by atoms with Crippen LogP contribution in [-0.2, 0) is 27.1 Å². The molecule has 0 spiro atoms. The van der Waals surface area contributed by atoms with Gasteiger partial charge < -0.3 is 0 Å². The van der Waals surface area contributed by atoms with Crippen molar-refractivity contribution in [1.82, 2.24) is 8.22 Å². The van der Waals surface area contributed by atoms with E-state index in [9.17, 15) is 8.42 Å². The molecular weight excluding hydrogens is 587 g/mol. The van der Waals surface area contributed by atoms with Crippen molar-refractivity contribution in [2.24, 2.45) is 0 Å². The van der Waals surface area contributed by atoms with Crippen LogP contribution in [0, 0.1) is 69.0 Å². The first-order chi connectivity index (χ1) is 17.3. The molecule has 0 amide bonds. The average Bonchev–Trinajstić information content (AvgIpc) is 3.60. The number of hydrogen-bond donors (Lipinski definition) is 0. The Hall–Kier alpha value is -0.911. The van der Waals surface area contributed by atoms with E-state index in [4.69, 9.17) is 0 Å². The molecule has 0 N–H and O–H groups in total. The largest absolute Gasteiger partial charge is 0.0312 e. The van der Waals surface area contributed by atoms with Gasteiger partial charge in [-0.3, -0.25) is 0 Å². The maximum absolute atomic E-state index is 13.8. The predicted octanol–water partition coefficient (Wildman–Crippen LogP) is 5.23. The topological polar surface area (TPSA) is 40.6 Å². The summed E-state index contributed by atoms with van der Waals surface area (Å²) in [5, 5.41) is 0. The molecule has 0 saturated heterocycles. The molecule has 4 nitrogen and oxygen atoms in total. The molecule has 2 aromatic rings. The Balaban J connectivity index is 0.000000716. The van der Waals surface area contributed by atoms with Crippen LogP contribution in [0.25, 0.3) is 0 Å². The van der Waals surface area contributed by atoms with Crippen molar-refractivity contribution < 1.29 is 25.5 Å². The van der Waals surface area contributed by atoms with Gasteiger partial charge in [-0.1, -0.05) is 0 Å². The summed E-state index contributed by atoms with van der Waals surface area (Å²) in [4.78, 5) is 3.50. The Morgan fingerprint density at radius 1 is 0.865 bits per heavy atom. The first-order valence-electron chi connectivity index (χ1n) is 11.8. The van der Waals surface area contributed by atoms with E-state index in [-0.39, 0.29) is 23.1 Å². The second kappa shape index (κ2) is 15.6. The molecular formula is C30H34FeN2O2SSe. The van der Waals surface area contributed by atoms with Crippen molar-refractivity contribution in [2.75, 3.05) is 14.1 Å². The molecule has 7 heteroatoms. The molecule has 37 heavy (non-hydrogen) atoms. The summed E-state index contributed by atoms with van der Waals surface area (Å²) in [5.74, 6) is 1.16. The summed E-state index contributed by atoms with van der Waals surface area (Å²) in [6, 6.07) is 16.5. The number of sulfonamides is 1. The van der Waals surface area contributed by atoms with E-state index in [2.05, 4.69) is 24.8 Å². The first kappa shape index (κ1) is 32.3. The number of hydrogen-bond acceptors (Lipinski definition) is 3. The summed E-state index contributed by atoms with van der Waals surface area (Å²) in [7, 11) is 0.327. The van der Waals surface area contributed by atoms with E-state index < -0.39 is 31.2 Å². The number of rotatable bonds is 9. The summed E-state index contributed by atoms with van der Waals surface area (Å²) in [6.07, 6.45) is 17.9. The molecule has 2 atom stereocenters. The fourth-order valence-electron chi connectivity index (χ4n) is 3.61. The molecule has 4 rings (SSSR count). The zero-order valence-corrected chi connectivity index (χ0v) is 25.3. The third-order valence-corrected chi connectivity index (χ3v) is 11.2. The maximum Gasteiger partial charge on any atom is 0 e. The van der Waals surface area contributed by atoms with Crippen molar-refractivity contribution in [3.8, 4) is 0 Å². The Bertz CT molecular complexity index is 1040. The molecule has 0 bridgehead atoms. The molecule has 0 aromatic heterocycles. The van der Waals surface area contributed by atoms with Crippen LogP contribution in [-0.4, -0.2) is 52.0 Å². The monoisotopic (exact) mass is 622 g/mol. The van der Waals surface area contributed by atoms with Gasteiger partial charge >= 0.3 is 195 Å². The standard InChI is InChI=1S/C25H29N2O2SSe.C5H5.Fe/c1-6-24(21-11-8-7-9-12-21)27(30(28,29)22-17-15-19(2)16-18-22)31-25-14-10-13-23(25)20(3)26(4)5;1-2-4-5-3-1;/h6-18,20,24H,1H2,2-5H3;1-5H;/t20-,24?;;/m0../s1. The molecule has 2 aliphatic carbocycles. The van der Waals surface area contributed by atoms with Crippen LogP contribution in [0.2, 0.25) is 0 Å². The van der Waals surface area contributed by atoms with E-state index in [1.807, 2.05) is 108 Å². The van der Waals surface area contributed by atoms with E-state index in [1.165, 1.54) is 0 Å². The molecule has 10 radical (unpaired) electrons. The minimum Gasteiger partial charge on any atom is -0.0312 e. The van der Waals surface area contributed by atoms with Crippen molar-refractivity contribution in [3.05, 3.63) is 140 Å². The van der Waals surface area contributed by atoms with E-state index in [0.29, 0.717) is 4.90 Å². The van der Waals surface area contributed by atoms with Gasteiger partial charge in [-0.05, 0) is 32.1 Å². The van der Waals surface area contributed by atoms with E-state index >= 15 is 0 Å². The summed E-state index contributed by atoms with van der Waals surface area (Å²) >= 11 is -0.471. The fourth-order valence-corrected chi connectivity index (χ4v) is 8.57. The van der Waals surface area contributed by atoms with Gasteiger partial charge in [-0.2, -0.15) is 0 Å². The fraction of sp³-hybridized carbons (Fsp3) is 0.200. The third-order valence-electron chi connectivity index (χ3n) is 5.92. The van der Waals surface area contributed by atoms with Gasteiger partial charge in [0.25, 0.3) is 0 Å². The van der Waals surface area contributed by atoms with Gasteiger partial charge in [0.05, 0.1) is 0 Å². The van der Waals surface area contributed by atoms with Crippen molar-refractivity contribution in [2.45, 2.75) is 30.8 Å². The smallest absolute Gasteiger partial charge is 0 e. The minimum absolute atomic E-state index is 0. The molecule has 2 fully saturated rings. The normalized spacial score (nSPS) is 18.2. The second-order valence-corrected chi connectivity index (χ2v) is 13.2. The van der Waals surface area contributed by atoms with Crippen LogP contribution in [0.4, 0.5) is 0 Å². The van der Waals surface area contributed by atoms with Gasteiger partial charge in [0, 0.05) is 17.1 Å². The minimum atomic E-state index is -3.74. The summed E-state index contributed by atoms with van der Waals surface area (Å²) in [5.41, 5.74) is 1.93. The van der Waals surface area contributed by atoms with Gasteiger partial charge in [-0.25, -0.2) is 0 Å². The molecule has 2 aliphatic rings. The van der Waals surface area contributed by atoms with Gasteiger partial charge in [-0.15, -0.1) is 0 Å². The second-order valence-electron chi connectivity index (χ2n) is 8.70. The van der Waals surface area contributed by atoms with Crippen LogP contribution < -0.4 is 0 Å². The summed E-state index contributed by atoms with van der Waals surface area (Å²) in [6.45, 7) is 8.08.